The first-order valence-corrected chi connectivity index (χ1v) is 16.0. The molecule has 0 radical (unpaired) electrons. The monoisotopic (exact) mass is 600 g/mol. The Morgan fingerprint density at radius 1 is 1.14 bits per heavy atom. The largest absolute Gasteiger partial charge is 0.490 e. The number of ether oxygens (including phenoxy) is 2. The fraction of sp³-hybridized carbons (Fsp3) is 0.515. The molecule has 5 heterocycles. The smallest absolute Gasteiger partial charge is 0.329 e. The zero-order chi connectivity index (χ0) is 30.0. The number of carbonyl (C=O) groups excluding carboxylic acids is 1. The number of anilines is 1. The highest BCUT2D eigenvalue weighted by Crippen LogP contribution is 2.49. The molecule has 8 rings (SSSR count). The van der Waals surface area contributed by atoms with Crippen molar-refractivity contribution in [3.05, 3.63) is 40.8 Å². The van der Waals surface area contributed by atoms with Crippen LogP contribution in [-0.4, -0.2) is 62.8 Å². The fourth-order valence-corrected chi connectivity index (χ4v) is 7.18. The zero-order valence-corrected chi connectivity index (χ0v) is 25.0. The summed E-state index contributed by atoms with van der Waals surface area (Å²) in [7, 11) is 1.75. The van der Waals surface area contributed by atoms with Gasteiger partial charge in [0.25, 0.3) is 0 Å². The Balaban J connectivity index is 1.19. The Bertz CT molecular complexity index is 1850. The fourth-order valence-electron chi connectivity index (χ4n) is 7.18. The first kappa shape index (κ1) is 27.6. The minimum absolute atomic E-state index is 0.0242. The summed E-state index contributed by atoms with van der Waals surface area (Å²) in [4.78, 5) is 38.0. The average molecular weight is 601 g/mol. The van der Waals surface area contributed by atoms with Gasteiger partial charge in [0.2, 0.25) is 11.8 Å². The number of aryl methyl sites for hydroxylation is 1. The summed E-state index contributed by atoms with van der Waals surface area (Å²) < 4.78 is 32.1. The minimum atomic E-state index is -0.509. The molecule has 230 valence electrons. The van der Waals surface area contributed by atoms with Crippen molar-refractivity contribution in [3.8, 4) is 22.8 Å². The van der Waals surface area contributed by atoms with Crippen molar-refractivity contribution in [1.29, 1.82) is 0 Å². The summed E-state index contributed by atoms with van der Waals surface area (Å²) in [5.41, 5.74) is 2.33. The van der Waals surface area contributed by atoms with Gasteiger partial charge in [0, 0.05) is 37.3 Å². The molecule has 1 saturated heterocycles. The number of halogens is 1. The van der Waals surface area contributed by atoms with Crippen molar-refractivity contribution in [2.24, 2.45) is 13.0 Å². The summed E-state index contributed by atoms with van der Waals surface area (Å²) in [5, 5.41) is 3.61. The van der Waals surface area contributed by atoms with Crippen molar-refractivity contribution >= 4 is 33.5 Å². The van der Waals surface area contributed by atoms with Gasteiger partial charge in [0.05, 0.1) is 45.8 Å². The number of rotatable bonds is 8. The maximum atomic E-state index is 16.1. The molecule has 0 unspecified atom stereocenters. The average Bonchev–Trinajstić information content (AvgIpc) is 3.84. The van der Waals surface area contributed by atoms with Gasteiger partial charge in [-0.3, -0.25) is 18.9 Å². The third-order valence-corrected chi connectivity index (χ3v) is 9.98. The van der Waals surface area contributed by atoms with E-state index >= 15 is 4.39 Å². The molecule has 2 saturated carbocycles. The molecule has 10 nitrogen and oxygen atoms in total. The van der Waals surface area contributed by atoms with Crippen LogP contribution in [0.4, 0.5) is 10.1 Å². The number of nitrogens with one attached hydrogen (secondary N) is 1. The molecule has 3 fully saturated rings. The summed E-state index contributed by atoms with van der Waals surface area (Å²) in [6.45, 7) is 3.92. The van der Waals surface area contributed by atoms with E-state index in [1.54, 1.807) is 30.1 Å². The highest BCUT2D eigenvalue weighted by atomic mass is 19.1. The van der Waals surface area contributed by atoms with E-state index in [4.69, 9.17) is 9.47 Å². The Morgan fingerprint density at radius 3 is 2.70 bits per heavy atom. The first-order valence-electron chi connectivity index (χ1n) is 16.0. The minimum Gasteiger partial charge on any atom is -0.490 e. The van der Waals surface area contributed by atoms with Gasteiger partial charge in [-0.15, -0.1) is 0 Å². The number of carbonyl (C=O) groups is 1. The highest BCUT2D eigenvalue weighted by Gasteiger charge is 2.45. The SMILES string of the molecule is Cn1c(=O)n2c3c4c(c(-c5cnc(OCCCN6CCCCC6)c(NC(=O)C6CC6)c5)c(F)cc4ncc31)OCC21CCC1. The van der Waals surface area contributed by atoms with Gasteiger partial charge in [-0.1, -0.05) is 6.42 Å². The molecule has 1 spiro atoms. The Morgan fingerprint density at radius 2 is 1.95 bits per heavy atom. The first-order chi connectivity index (χ1) is 21.4. The van der Waals surface area contributed by atoms with Crippen LogP contribution in [0.5, 0.6) is 11.6 Å². The van der Waals surface area contributed by atoms with E-state index in [0.717, 1.165) is 63.7 Å². The van der Waals surface area contributed by atoms with E-state index < -0.39 is 11.4 Å². The molecule has 0 bridgehead atoms. The van der Waals surface area contributed by atoms with Crippen molar-refractivity contribution in [3.63, 3.8) is 0 Å². The predicted molar refractivity (Wildman–Crippen MR) is 165 cm³/mol. The lowest BCUT2D eigenvalue weighted by molar-refractivity contribution is -0.117. The standard InChI is InChI=1S/C33H37FN6O4/c1-38-25-18-35-23-16-22(34)26(29-27(23)28(25)40(32(38)42)33(19-44-29)9-5-10-33)21-15-24(37-30(41)20-7-8-20)31(36-17-21)43-14-6-13-39-11-3-2-4-12-39/h15-18,20H,2-14,19H2,1H3,(H,37,41). The van der Waals surface area contributed by atoms with Crippen LogP contribution in [0.3, 0.4) is 0 Å². The van der Waals surface area contributed by atoms with E-state index in [2.05, 4.69) is 20.2 Å². The molecule has 44 heavy (non-hydrogen) atoms. The number of benzene rings is 1. The maximum absolute atomic E-state index is 16.1. The Hall–Kier alpha value is -3.99. The number of amides is 1. The van der Waals surface area contributed by atoms with Crippen LogP contribution in [0, 0.1) is 11.7 Å². The Kier molecular flexibility index (Phi) is 6.62. The molecule has 11 heteroatoms. The van der Waals surface area contributed by atoms with Gasteiger partial charge in [-0.2, -0.15) is 0 Å². The third-order valence-electron chi connectivity index (χ3n) is 9.98. The number of hydrogen-bond donors (Lipinski definition) is 1. The van der Waals surface area contributed by atoms with Crippen LogP contribution in [0.1, 0.15) is 57.8 Å². The summed E-state index contributed by atoms with van der Waals surface area (Å²) in [6, 6.07) is 3.12. The summed E-state index contributed by atoms with van der Waals surface area (Å²) in [6.07, 6.45) is 12.2. The molecule has 4 aliphatic rings. The number of pyridine rings is 2. The lowest BCUT2D eigenvalue weighted by Gasteiger charge is -2.41. The van der Waals surface area contributed by atoms with E-state index in [-0.39, 0.29) is 29.7 Å². The number of imidazole rings is 1. The number of piperidine rings is 1. The third kappa shape index (κ3) is 4.46. The van der Waals surface area contributed by atoms with Crippen molar-refractivity contribution < 1.29 is 18.7 Å². The number of fused-ring (bicyclic) bond motifs is 1. The van der Waals surface area contributed by atoms with Crippen molar-refractivity contribution in [2.45, 2.75) is 63.3 Å². The number of hydrogen-bond acceptors (Lipinski definition) is 7. The van der Waals surface area contributed by atoms with Crippen LogP contribution in [0.15, 0.2) is 29.3 Å². The maximum Gasteiger partial charge on any atom is 0.329 e. The molecule has 0 atom stereocenters. The van der Waals surface area contributed by atoms with Gasteiger partial charge in [-0.05, 0) is 70.5 Å². The molecule has 2 aliphatic carbocycles. The van der Waals surface area contributed by atoms with Gasteiger partial charge in [-0.25, -0.2) is 14.2 Å². The lowest BCUT2D eigenvalue weighted by atomic mass is 9.77. The summed E-state index contributed by atoms with van der Waals surface area (Å²) >= 11 is 0. The topological polar surface area (TPSA) is 104 Å². The van der Waals surface area contributed by atoms with Crippen molar-refractivity contribution in [1.82, 2.24) is 24.0 Å². The molecule has 1 N–H and O–H groups in total. The van der Waals surface area contributed by atoms with Crippen LogP contribution < -0.4 is 20.5 Å². The molecule has 1 amide bonds. The second-order valence-electron chi connectivity index (χ2n) is 12.9. The molecular formula is C33H37FN6O4. The number of aromatic nitrogens is 4. The Labute approximate surface area is 254 Å². The van der Waals surface area contributed by atoms with Crippen LogP contribution in [-0.2, 0) is 17.4 Å². The van der Waals surface area contributed by atoms with Crippen LogP contribution in [0.2, 0.25) is 0 Å². The van der Waals surface area contributed by atoms with Crippen LogP contribution in [0.25, 0.3) is 33.1 Å². The molecule has 2 aliphatic heterocycles. The highest BCUT2D eigenvalue weighted by molar-refractivity contribution is 6.09. The van der Waals surface area contributed by atoms with E-state index in [0.29, 0.717) is 45.9 Å². The quantitative estimate of drug-likeness (QED) is 0.285. The van der Waals surface area contributed by atoms with Gasteiger partial charge in [0.1, 0.15) is 23.9 Å². The summed E-state index contributed by atoms with van der Waals surface area (Å²) in [5.74, 6) is 0.0529. The number of nitrogens with zero attached hydrogens (tertiary/aromatic N) is 5. The predicted octanol–water partition coefficient (Wildman–Crippen LogP) is 4.96. The second kappa shape index (κ2) is 10.6. The molecule has 4 aromatic rings. The van der Waals surface area contributed by atoms with Gasteiger partial charge in [0.15, 0.2) is 0 Å². The molecular weight excluding hydrogens is 563 g/mol. The van der Waals surface area contributed by atoms with E-state index in [1.807, 2.05) is 4.57 Å². The zero-order valence-electron chi connectivity index (χ0n) is 25.0. The normalized spacial score (nSPS) is 19.2. The van der Waals surface area contributed by atoms with E-state index in [1.165, 1.54) is 25.3 Å². The van der Waals surface area contributed by atoms with Gasteiger partial charge >= 0.3 is 5.69 Å². The lowest BCUT2D eigenvalue weighted by Crippen LogP contribution is -2.50. The number of likely N-dealkylation sites (tertiary alicyclic amines) is 1. The van der Waals surface area contributed by atoms with Crippen LogP contribution >= 0.6 is 0 Å². The van der Waals surface area contributed by atoms with Gasteiger partial charge < -0.3 is 19.7 Å². The molecule has 1 aromatic carbocycles. The van der Waals surface area contributed by atoms with E-state index in [9.17, 15) is 9.59 Å². The second-order valence-corrected chi connectivity index (χ2v) is 12.9. The molecule has 3 aromatic heterocycles. The van der Waals surface area contributed by atoms with Crippen molar-refractivity contribution in [2.75, 3.05) is 38.2 Å².